The zero-order valence-electron chi connectivity index (χ0n) is 18.1. The van der Waals surface area contributed by atoms with Gasteiger partial charge in [0, 0.05) is 6.42 Å². The fourth-order valence-electron chi connectivity index (χ4n) is 2.64. The van der Waals surface area contributed by atoms with Crippen LogP contribution in [0.25, 0.3) is 11.1 Å². The molecule has 0 aromatic heterocycles. The third-order valence-corrected chi connectivity index (χ3v) is 4.57. The Kier molecular flexibility index (Phi) is 11.4. The third kappa shape index (κ3) is 10.5. The van der Waals surface area contributed by atoms with Crippen molar-refractivity contribution in [3.63, 3.8) is 0 Å². The molecule has 158 valence electrons. The molecule has 2 aromatic carbocycles. The van der Waals surface area contributed by atoms with Crippen molar-refractivity contribution in [1.82, 2.24) is 0 Å². The van der Waals surface area contributed by atoms with Gasteiger partial charge in [-0.15, -0.1) is 0 Å². The minimum absolute atomic E-state index is 0.00242. The molecule has 0 heterocycles. The second-order valence-corrected chi connectivity index (χ2v) is 7.31. The molecule has 0 radical (unpaired) electrons. The topological polar surface area (TPSA) is 63.6 Å². The molecule has 0 aliphatic rings. The van der Waals surface area contributed by atoms with Gasteiger partial charge in [-0.1, -0.05) is 56.9 Å². The van der Waals surface area contributed by atoms with Gasteiger partial charge in [0.05, 0.1) is 0 Å². The largest absolute Gasteiger partial charge is 0.508 e. The highest BCUT2D eigenvalue weighted by atomic mass is 16.5. The zero-order chi connectivity index (χ0) is 21.6. The van der Waals surface area contributed by atoms with Gasteiger partial charge >= 0.3 is 0 Å². The zero-order valence-corrected chi connectivity index (χ0v) is 18.1. The Morgan fingerprint density at radius 2 is 1.38 bits per heavy atom. The van der Waals surface area contributed by atoms with Crippen LogP contribution in [0.4, 0.5) is 0 Å². The Morgan fingerprint density at radius 1 is 0.862 bits per heavy atom. The van der Waals surface area contributed by atoms with E-state index in [4.69, 9.17) is 4.74 Å². The molecule has 0 saturated carbocycles. The Labute approximate surface area is 174 Å². The van der Waals surface area contributed by atoms with Crippen LogP contribution in [0, 0.1) is 0 Å². The second-order valence-electron chi connectivity index (χ2n) is 7.31. The molecule has 0 fully saturated rings. The van der Waals surface area contributed by atoms with Gasteiger partial charge in [-0.25, -0.2) is 0 Å². The van der Waals surface area contributed by atoms with Gasteiger partial charge in [0.1, 0.15) is 17.3 Å². The van der Waals surface area contributed by atoms with Crippen LogP contribution in [0.1, 0.15) is 66.2 Å². The lowest BCUT2D eigenvalue weighted by molar-refractivity contribution is -0.123. The van der Waals surface area contributed by atoms with E-state index in [1.807, 2.05) is 36.4 Å². The predicted molar refractivity (Wildman–Crippen MR) is 118 cm³/mol. The van der Waals surface area contributed by atoms with Crippen LogP contribution in [0.15, 0.2) is 48.5 Å². The molecule has 1 atom stereocenters. The summed E-state index contributed by atoms with van der Waals surface area (Å²) in [7, 11) is 0. The van der Waals surface area contributed by atoms with Crippen molar-refractivity contribution in [3.8, 4) is 22.6 Å². The maximum Gasteiger partial charge on any atom is 0.169 e. The van der Waals surface area contributed by atoms with Crippen LogP contribution < -0.4 is 4.74 Å². The number of unbranched alkanes of at least 4 members (excludes halogenated alkanes) is 4. The molecule has 0 saturated heterocycles. The number of carbonyl (C=O) groups excluding carboxylic acids is 2. The number of phenolic OH excluding ortho intramolecular Hbond substituents is 1. The van der Waals surface area contributed by atoms with Crippen molar-refractivity contribution in [3.05, 3.63) is 48.5 Å². The molecule has 1 unspecified atom stereocenters. The Bertz CT molecular complexity index is 732. The first-order valence-corrected chi connectivity index (χ1v) is 10.4. The van der Waals surface area contributed by atoms with E-state index in [0.29, 0.717) is 11.5 Å². The number of Topliss-reactive ketones (excluding diaryl/α,β-unsaturated/α-hetero) is 2. The number of ketones is 2. The molecule has 2 aromatic rings. The molecule has 0 aliphatic heterocycles. The van der Waals surface area contributed by atoms with Crippen molar-refractivity contribution in [2.45, 2.75) is 72.3 Å². The first-order valence-electron chi connectivity index (χ1n) is 10.4. The van der Waals surface area contributed by atoms with Crippen molar-refractivity contribution in [2.24, 2.45) is 0 Å². The number of carbonyl (C=O) groups is 2. The standard InChI is InChI=1S/C16H16O3.C9H18O/c1-11(17)12(2)19-16-9-5-14(6-10-16)13-3-7-15(18)8-4-13;1-3-4-5-6-7-8-9(2)10/h3-10,12,18H,1-2H3;3-8H2,1-2H3. The quantitative estimate of drug-likeness (QED) is 0.474. The van der Waals surface area contributed by atoms with Gasteiger partial charge < -0.3 is 14.6 Å². The maximum atomic E-state index is 11.1. The summed E-state index contributed by atoms with van der Waals surface area (Å²) in [5.74, 6) is 1.25. The fraction of sp³-hybridized carbons (Fsp3) is 0.440. The molecule has 4 nitrogen and oxygen atoms in total. The van der Waals surface area contributed by atoms with Gasteiger partial charge in [-0.2, -0.15) is 0 Å². The Morgan fingerprint density at radius 3 is 1.86 bits per heavy atom. The maximum absolute atomic E-state index is 11.1. The molecule has 0 spiro atoms. The number of aromatic hydroxyl groups is 1. The molecular formula is C25H34O4. The van der Waals surface area contributed by atoms with E-state index in [2.05, 4.69) is 6.92 Å². The SMILES string of the molecule is CC(=O)C(C)Oc1ccc(-c2ccc(O)cc2)cc1.CCCCCCCC(C)=O. The van der Waals surface area contributed by atoms with E-state index in [9.17, 15) is 14.7 Å². The van der Waals surface area contributed by atoms with Gasteiger partial charge in [0.2, 0.25) is 0 Å². The van der Waals surface area contributed by atoms with Gasteiger partial charge in [0.25, 0.3) is 0 Å². The summed E-state index contributed by atoms with van der Waals surface area (Å²) < 4.78 is 5.50. The van der Waals surface area contributed by atoms with Gasteiger partial charge in [-0.3, -0.25) is 4.79 Å². The predicted octanol–water partition coefficient (Wildman–Crippen LogP) is 6.35. The van der Waals surface area contributed by atoms with Crippen LogP contribution in [0.2, 0.25) is 0 Å². The number of benzene rings is 2. The van der Waals surface area contributed by atoms with Crippen LogP contribution in [0.5, 0.6) is 11.5 Å². The lowest BCUT2D eigenvalue weighted by Crippen LogP contribution is -2.20. The average Bonchev–Trinajstić information content (AvgIpc) is 2.69. The summed E-state index contributed by atoms with van der Waals surface area (Å²) in [5.41, 5.74) is 2.05. The second kappa shape index (κ2) is 13.5. The highest BCUT2D eigenvalue weighted by molar-refractivity contribution is 5.80. The van der Waals surface area contributed by atoms with E-state index in [0.717, 1.165) is 24.0 Å². The molecule has 29 heavy (non-hydrogen) atoms. The summed E-state index contributed by atoms with van der Waals surface area (Å²) in [6, 6.07) is 14.5. The normalized spacial score (nSPS) is 11.2. The number of ether oxygens (including phenoxy) is 1. The van der Waals surface area contributed by atoms with Crippen LogP contribution in [-0.4, -0.2) is 22.8 Å². The fourth-order valence-corrected chi connectivity index (χ4v) is 2.64. The average molecular weight is 399 g/mol. The van der Waals surface area contributed by atoms with E-state index in [-0.39, 0.29) is 11.5 Å². The first-order chi connectivity index (χ1) is 13.8. The molecular weight excluding hydrogens is 364 g/mol. The monoisotopic (exact) mass is 398 g/mol. The Hall–Kier alpha value is -2.62. The highest BCUT2D eigenvalue weighted by Crippen LogP contribution is 2.24. The number of rotatable bonds is 10. The lowest BCUT2D eigenvalue weighted by Gasteiger charge is -2.12. The van der Waals surface area contributed by atoms with E-state index < -0.39 is 6.10 Å². The van der Waals surface area contributed by atoms with E-state index in [1.165, 1.54) is 32.6 Å². The summed E-state index contributed by atoms with van der Waals surface area (Å²) in [6.07, 6.45) is 6.56. The summed E-state index contributed by atoms with van der Waals surface area (Å²) in [6.45, 7) is 7.11. The first kappa shape index (κ1) is 24.4. The smallest absolute Gasteiger partial charge is 0.169 e. The molecule has 0 aliphatic carbocycles. The molecule has 4 heteroatoms. The number of hydrogen-bond acceptors (Lipinski definition) is 4. The van der Waals surface area contributed by atoms with Gasteiger partial charge in [-0.05, 0) is 62.6 Å². The minimum Gasteiger partial charge on any atom is -0.508 e. The van der Waals surface area contributed by atoms with Crippen LogP contribution >= 0.6 is 0 Å². The molecule has 0 bridgehead atoms. The number of phenols is 1. The van der Waals surface area contributed by atoms with Crippen LogP contribution in [0.3, 0.4) is 0 Å². The highest BCUT2D eigenvalue weighted by Gasteiger charge is 2.08. The Balaban J connectivity index is 0.000000359. The van der Waals surface area contributed by atoms with Gasteiger partial charge in [0.15, 0.2) is 11.9 Å². The number of hydrogen-bond donors (Lipinski definition) is 1. The molecule has 2 rings (SSSR count). The summed E-state index contributed by atoms with van der Waals surface area (Å²) >= 11 is 0. The van der Waals surface area contributed by atoms with E-state index >= 15 is 0 Å². The van der Waals surface area contributed by atoms with E-state index in [1.54, 1.807) is 26.0 Å². The lowest BCUT2D eigenvalue weighted by atomic mass is 10.1. The van der Waals surface area contributed by atoms with Crippen molar-refractivity contribution < 1.29 is 19.4 Å². The van der Waals surface area contributed by atoms with Crippen molar-refractivity contribution in [1.29, 1.82) is 0 Å². The molecule has 1 N–H and O–H groups in total. The summed E-state index contributed by atoms with van der Waals surface area (Å²) in [4.78, 5) is 21.6. The minimum atomic E-state index is -0.431. The molecule has 0 amide bonds. The van der Waals surface area contributed by atoms with Crippen molar-refractivity contribution >= 4 is 11.6 Å². The summed E-state index contributed by atoms with van der Waals surface area (Å²) in [5, 5.41) is 9.25. The third-order valence-electron chi connectivity index (χ3n) is 4.57. The van der Waals surface area contributed by atoms with Crippen molar-refractivity contribution in [2.75, 3.05) is 0 Å². The van der Waals surface area contributed by atoms with Crippen LogP contribution in [-0.2, 0) is 9.59 Å².